The average Bonchev–Trinajstić information content (AvgIpc) is 2.50. The fourth-order valence-corrected chi connectivity index (χ4v) is 2.50. The molecule has 0 atom stereocenters. The number of nitrogens with two attached hydrogens (primary N) is 1. The molecule has 2 aromatic rings. The van der Waals surface area contributed by atoms with Crippen molar-refractivity contribution in [2.24, 2.45) is 11.7 Å². The lowest BCUT2D eigenvalue weighted by atomic mass is 10.1. The smallest absolute Gasteiger partial charge is 0.259 e. The molecule has 0 saturated carbocycles. The van der Waals surface area contributed by atoms with Crippen LogP contribution in [0.2, 0.25) is 0 Å². The number of pyridine rings is 1. The van der Waals surface area contributed by atoms with E-state index in [2.05, 4.69) is 27.0 Å². The Labute approximate surface area is 142 Å². The Morgan fingerprint density at radius 1 is 1.39 bits per heavy atom. The molecule has 4 nitrogen and oxygen atoms in total. The first-order valence-corrected chi connectivity index (χ1v) is 8.37. The van der Waals surface area contributed by atoms with Gasteiger partial charge in [0, 0.05) is 17.5 Å². The number of nitrogens with zero attached hydrogens (tertiary/aromatic N) is 1. The highest BCUT2D eigenvalue weighted by molar-refractivity contribution is 7.80. The van der Waals surface area contributed by atoms with E-state index in [0.29, 0.717) is 35.2 Å². The van der Waals surface area contributed by atoms with Crippen LogP contribution in [0.4, 0.5) is 0 Å². The molecule has 0 fully saturated rings. The van der Waals surface area contributed by atoms with E-state index >= 15 is 0 Å². The van der Waals surface area contributed by atoms with Gasteiger partial charge in [-0.1, -0.05) is 45.5 Å². The first-order chi connectivity index (χ1) is 10.9. The summed E-state index contributed by atoms with van der Waals surface area (Å²) in [4.78, 5) is 12.9. The molecule has 0 spiro atoms. The number of ether oxygens (including phenoxy) is 1. The summed E-state index contributed by atoms with van der Waals surface area (Å²) in [7, 11) is 0. The third kappa shape index (κ3) is 4.10. The van der Waals surface area contributed by atoms with Crippen LogP contribution in [0, 0.1) is 12.1 Å². The van der Waals surface area contributed by atoms with Gasteiger partial charge in [0.1, 0.15) is 11.2 Å². The van der Waals surface area contributed by atoms with Crippen molar-refractivity contribution in [3.63, 3.8) is 0 Å². The third-order valence-electron chi connectivity index (χ3n) is 3.55. The Morgan fingerprint density at radius 2 is 2.13 bits per heavy atom. The van der Waals surface area contributed by atoms with Gasteiger partial charge in [-0.05, 0) is 24.5 Å². The van der Waals surface area contributed by atoms with Crippen molar-refractivity contribution in [1.82, 2.24) is 4.57 Å². The number of thiocarbonyl (C=S) groups is 1. The molecule has 0 aliphatic carbocycles. The lowest BCUT2D eigenvalue weighted by Crippen LogP contribution is -2.23. The van der Waals surface area contributed by atoms with E-state index in [1.54, 1.807) is 16.7 Å². The third-order valence-corrected chi connectivity index (χ3v) is 3.79. The maximum atomic E-state index is 12.6. The molecule has 1 radical (unpaired) electrons. The van der Waals surface area contributed by atoms with Crippen molar-refractivity contribution in [3.05, 3.63) is 40.3 Å². The predicted octanol–water partition coefficient (Wildman–Crippen LogP) is 3.27. The molecule has 1 aromatic carbocycles. The highest BCUT2D eigenvalue weighted by Gasteiger charge is 2.13. The van der Waals surface area contributed by atoms with Crippen LogP contribution in [0.1, 0.15) is 39.2 Å². The summed E-state index contributed by atoms with van der Waals surface area (Å²) >= 11 is 5.03. The molecular weight excluding hydrogens is 308 g/mol. The van der Waals surface area contributed by atoms with Gasteiger partial charge in [0.25, 0.3) is 5.56 Å². The van der Waals surface area contributed by atoms with Crippen LogP contribution in [0.3, 0.4) is 0 Å². The minimum Gasteiger partial charge on any atom is -0.491 e. The molecule has 0 amide bonds. The van der Waals surface area contributed by atoms with E-state index in [9.17, 15) is 4.79 Å². The van der Waals surface area contributed by atoms with E-state index in [1.165, 1.54) is 0 Å². The molecule has 23 heavy (non-hydrogen) atoms. The van der Waals surface area contributed by atoms with E-state index in [4.69, 9.17) is 22.7 Å². The Morgan fingerprint density at radius 3 is 2.74 bits per heavy atom. The number of aromatic nitrogens is 1. The van der Waals surface area contributed by atoms with Crippen LogP contribution in [0.15, 0.2) is 23.0 Å². The van der Waals surface area contributed by atoms with Crippen LogP contribution in [0.25, 0.3) is 10.8 Å². The Bertz CT molecular complexity index is 765. The lowest BCUT2D eigenvalue weighted by molar-refractivity contribution is 0.308. The molecule has 1 aromatic heterocycles. The molecule has 0 saturated heterocycles. The Hall–Kier alpha value is -1.88. The summed E-state index contributed by atoms with van der Waals surface area (Å²) in [6.45, 7) is 7.45. The van der Waals surface area contributed by atoms with Gasteiger partial charge in [0.15, 0.2) is 5.75 Å². The summed E-state index contributed by atoms with van der Waals surface area (Å²) in [5.74, 6) is 0.938. The van der Waals surface area contributed by atoms with Crippen LogP contribution in [-0.4, -0.2) is 16.2 Å². The van der Waals surface area contributed by atoms with Crippen LogP contribution < -0.4 is 16.0 Å². The normalized spacial score (nSPS) is 11.1. The van der Waals surface area contributed by atoms with E-state index in [-0.39, 0.29) is 5.56 Å². The van der Waals surface area contributed by atoms with Crippen molar-refractivity contribution in [2.45, 2.75) is 40.2 Å². The van der Waals surface area contributed by atoms with Gasteiger partial charge in [0.05, 0.1) is 12.0 Å². The van der Waals surface area contributed by atoms with Gasteiger partial charge in [-0.15, -0.1) is 0 Å². The first-order valence-electron chi connectivity index (χ1n) is 7.96. The number of hydrogen-bond donors (Lipinski definition) is 1. The SMILES string of the molecule is CCCCOc1[c]n(CC(C)C)c(=O)c2ccc(C(N)=S)cc12. The summed E-state index contributed by atoms with van der Waals surface area (Å²) in [5, 5.41) is 1.33. The highest BCUT2D eigenvalue weighted by Crippen LogP contribution is 2.24. The monoisotopic (exact) mass is 331 g/mol. The minimum absolute atomic E-state index is 0.0639. The van der Waals surface area contributed by atoms with Gasteiger partial charge in [-0.25, -0.2) is 0 Å². The maximum Gasteiger partial charge on any atom is 0.259 e. The van der Waals surface area contributed by atoms with E-state index < -0.39 is 0 Å². The van der Waals surface area contributed by atoms with Crippen molar-refractivity contribution < 1.29 is 4.74 Å². The van der Waals surface area contributed by atoms with Gasteiger partial charge >= 0.3 is 0 Å². The number of benzene rings is 1. The van der Waals surface area contributed by atoms with Gasteiger partial charge in [-0.2, -0.15) is 0 Å². The van der Waals surface area contributed by atoms with Crippen molar-refractivity contribution in [1.29, 1.82) is 0 Å². The second kappa shape index (κ2) is 7.59. The molecule has 0 unspecified atom stereocenters. The molecule has 0 aliphatic heterocycles. The molecule has 123 valence electrons. The van der Waals surface area contributed by atoms with Crippen molar-refractivity contribution in [3.8, 4) is 5.75 Å². The van der Waals surface area contributed by atoms with Gasteiger partial charge in [-0.3, -0.25) is 4.79 Å². The van der Waals surface area contributed by atoms with Crippen molar-refractivity contribution >= 4 is 28.0 Å². The summed E-state index contributed by atoms with van der Waals surface area (Å²) < 4.78 is 7.48. The zero-order valence-electron chi connectivity index (χ0n) is 13.9. The standard InChI is InChI=1S/C18H23N2O2S/c1-4-5-8-22-16-11-20(10-12(2)3)18(21)14-7-6-13(17(19)23)9-15(14)16/h6-7,9,12H,4-5,8,10H2,1-3H3,(H2,19,23). The van der Waals surface area contributed by atoms with E-state index in [0.717, 1.165) is 23.8 Å². The molecule has 2 rings (SSSR count). The number of unbranched alkanes of at least 4 members (excludes halogenated alkanes) is 1. The number of hydrogen-bond acceptors (Lipinski definition) is 3. The quantitative estimate of drug-likeness (QED) is 0.625. The van der Waals surface area contributed by atoms with E-state index in [1.807, 2.05) is 6.07 Å². The van der Waals surface area contributed by atoms with Gasteiger partial charge in [0.2, 0.25) is 0 Å². The minimum atomic E-state index is -0.0639. The van der Waals surface area contributed by atoms with Crippen LogP contribution >= 0.6 is 12.2 Å². The zero-order chi connectivity index (χ0) is 17.0. The fraction of sp³-hybridized carbons (Fsp3) is 0.444. The highest BCUT2D eigenvalue weighted by atomic mass is 32.1. The molecule has 2 N–H and O–H groups in total. The second-order valence-electron chi connectivity index (χ2n) is 6.08. The second-order valence-corrected chi connectivity index (χ2v) is 6.52. The number of fused-ring (bicyclic) bond motifs is 1. The summed E-state index contributed by atoms with van der Waals surface area (Å²) in [5.41, 5.74) is 6.37. The zero-order valence-corrected chi connectivity index (χ0v) is 14.7. The van der Waals surface area contributed by atoms with Crippen molar-refractivity contribution in [2.75, 3.05) is 6.61 Å². The molecule has 1 heterocycles. The summed E-state index contributed by atoms with van der Waals surface area (Å²) in [6.07, 6.45) is 5.11. The summed E-state index contributed by atoms with van der Waals surface area (Å²) in [6, 6.07) is 5.36. The van der Waals surface area contributed by atoms with Gasteiger partial charge < -0.3 is 15.0 Å². The molecule has 5 heteroatoms. The van der Waals surface area contributed by atoms with Crippen LogP contribution in [-0.2, 0) is 6.54 Å². The Kier molecular flexibility index (Phi) is 5.77. The largest absolute Gasteiger partial charge is 0.491 e. The fourth-order valence-electron chi connectivity index (χ4n) is 2.37. The Balaban J connectivity index is 2.60. The molecule has 0 aliphatic rings. The van der Waals surface area contributed by atoms with Crippen LogP contribution in [0.5, 0.6) is 5.75 Å². The molecular formula is C18H23N2O2S. The molecule has 0 bridgehead atoms. The average molecular weight is 331 g/mol. The first kappa shape index (κ1) is 17.5. The lowest BCUT2D eigenvalue weighted by Gasteiger charge is -2.14. The predicted molar refractivity (Wildman–Crippen MR) is 98.2 cm³/mol. The maximum absolute atomic E-state index is 12.6. The topological polar surface area (TPSA) is 57.2 Å². The number of rotatable bonds is 7.